The lowest BCUT2D eigenvalue weighted by Gasteiger charge is -2.43. The number of thiophene rings is 1. The highest BCUT2D eigenvalue weighted by Crippen LogP contribution is 2.52. The Balaban J connectivity index is 1.85. The monoisotopic (exact) mass is 623 g/mol. The Morgan fingerprint density at radius 3 is 2.48 bits per heavy atom. The smallest absolute Gasteiger partial charge is 0.338 e. The molecule has 0 radical (unpaired) electrons. The molecule has 1 aliphatic carbocycles. The lowest BCUT2D eigenvalue weighted by Crippen LogP contribution is -2.46. The molecule has 10 nitrogen and oxygen atoms in total. The number of Topliss-reactive ketones (excluding diaryl/α,β-unsaturated/α-hetero) is 1. The number of nitrogens with two attached hydrogens (primary N) is 1. The highest BCUT2D eigenvalue weighted by molar-refractivity contribution is 7.10. The fraction of sp³-hybridized carbons (Fsp3) is 0.258. The molecule has 2 aromatic carbocycles. The van der Waals surface area contributed by atoms with Crippen LogP contribution in [0.4, 0.5) is 20.2 Å². The number of nitrogens with zero attached hydrogens (tertiary/aromatic N) is 2. The summed E-state index contributed by atoms with van der Waals surface area (Å²) in [5, 5.41) is 13.5. The molecule has 1 aliphatic heterocycles. The van der Waals surface area contributed by atoms with Gasteiger partial charge in [-0.25, -0.2) is 13.6 Å². The number of non-ortho nitro benzene ring substituents is 1. The van der Waals surface area contributed by atoms with Gasteiger partial charge in [0.25, 0.3) is 5.69 Å². The Kier molecular flexibility index (Phi) is 8.59. The van der Waals surface area contributed by atoms with E-state index in [0.717, 1.165) is 12.1 Å². The second kappa shape index (κ2) is 12.4. The molecule has 0 bridgehead atoms. The van der Waals surface area contributed by atoms with Gasteiger partial charge in [0, 0.05) is 40.3 Å². The summed E-state index contributed by atoms with van der Waals surface area (Å²) < 4.78 is 40.1. The highest BCUT2D eigenvalue weighted by Gasteiger charge is 2.52. The minimum absolute atomic E-state index is 0.00612. The van der Waals surface area contributed by atoms with Gasteiger partial charge in [0.1, 0.15) is 23.4 Å². The van der Waals surface area contributed by atoms with Gasteiger partial charge >= 0.3 is 11.9 Å². The third kappa shape index (κ3) is 5.34. The largest absolute Gasteiger partial charge is 0.465 e. The summed E-state index contributed by atoms with van der Waals surface area (Å²) in [5.74, 6) is -8.09. The first-order valence-corrected chi connectivity index (χ1v) is 14.6. The van der Waals surface area contributed by atoms with Gasteiger partial charge in [-0.05, 0) is 49.4 Å². The van der Waals surface area contributed by atoms with Gasteiger partial charge in [0.15, 0.2) is 5.78 Å². The van der Waals surface area contributed by atoms with Crippen LogP contribution in [-0.4, -0.2) is 35.9 Å². The Morgan fingerprint density at radius 2 is 1.84 bits per heavy atom. The zero-order chi connectivity index (χ0) is 31.7. The van der Waals surface area contributed by atoms with Gasteiger partial charge in [0.05, 0.1) is 35.3 Å². The minimum atomic E-state index is -1.35. The number of hydrogen-bond donors (Lipinski definition) is 1. The molecule has 0 saturated heterocycles. The van der Waals surface area contributed by atoms with E-state index >= 15 is 4.39 Å². The molecule has 3 atom stereocenters. The number of allylic oxidation sites excluding steroid dienone is 2. The molecule has 5 rings (SSSR count). The number of ketones is 1. The summed E-state index contributed by atoms with van der Waals surface area (Å²) in [7, 11) is 0. The summed E-state index contributed by atoms with van der Waals surface area (Å²) in [6.07, 6.45) is -0.0376. The maximum atomic E-state index is 15.4. The van der Waals surface area contributed by atoms with E-state index in [1.165, 1.54) is 40.5 Å². The predicted octanol–water partition coefficient (Wildman–Crippen LogP) is 5.46. The van der Waals surface area contributed by atoms with Crippen LogP contribution >= 0.6 is 11.3 Å². The van der Waals surface area contributed by atoms with Crippen LogP contribution in [0.25, 0.3) is 0 Å². The summed E-state index contributed by atoms with van der Waals surface area (Å²) in [5.41, 5.74) is 6.01. The van der Waals surface area contributed by atoms with E-state index in [0.29, 0.717) is 10.9 Å². The van der Waals surface area contributed by atoms with E-state index < -0.39 is 52.0 Å². The van der Waals surface area contributed by atoms with Crippen LogP contribution in [0.2, 0.25) is 0 Å². The lowest BCUT2D eigenvalue weighted by molar-refractivity contribution is -0.384. The maximum absolute atomic E-state index is 15.4. The maximum Gasteiger partial charge on any atom is 0.338 e. The summed E-state index contributed by atoms with van der Waals surface area (Å²) in [6.45, 7) is 3.06. The normalized spacial score (nSPS) is 20.0. The number of nitro benzene ring substituents is 1. The number of rotatable bonds is 8. The quantitative estimate of drug-likeness (QED) is 0.150. The average Bonchev–Trinajstić information content (AvgIpc) is 3.52. The summed E-state index contributed by atoms with van der Waals surface area (Å²) in [6, 6.07) is 11.6. The molecular formula is C31H27F2N3O7S. The van der Waals surface area contributed by atoms with Gasteiger partial charge in [-0.15, -0.1) is 11.3 Å². The standard InChI is InChI=1S/C31H27F2N3O7S/c1-3-42-30(38)25-19(23-9-6-12-44-23)15-22-26(28(25)37)24(16-7-5-8-18(13-16)36(40)41)27(31(39)43-4-2)29(34)35(22)21-11-10-17(32)14-20(21)33/h5-14,19,24-25H,3-4,15,34H2,1-2H3/t19-,24-,25-/m1/s1. The van der Waals surface area contributed by atoms with Crippen molar-refractivity contribution in [2.75, 3.05) is 18.1 Å². The van der Waals surface area contributed by atoms with Crippen LogP contribution in [0.15, 0.2) is 82.6 Å². The molecule has 13 heteroatoms. The second-order valence-corrected chi connectivity index (χ2v) is 11.0. The van der Waals surface area contributed by atoms with Gasteiger partial charge < -0.3 is 15.2 Å². The van der Waals surface area contributed by atoms with Gasteiger partial charge in [-0.3, -0.25) is 24.6 Å². The first kappa shape index (κ1) is 30.5. The Morgan fingerprint density at radius 1 is 1.09 bits per heavy atom. The van der Waals surface area contributed by atoms with Crippen LogP contribution in [0, 0.1) is 27.7 Å². The number of carbonyl (C=O) groups is 3. The minimum Gasteiger partial charge on any atom is -0.465 e. The van der Waals surface area contributed by atoms with Gasteiger partial charge in [-0.1, -0.05) is 18.2 Å². The van der Waals surface area contributed by atoms with Crippen molar-refractivity contribution in [3.8, 4) is 0 Å². The van der Waals surface area contributed by atoms with E-state index in [4.69, 9.17) is 15.2 Å². The molecule has 0 saturated carbocycles. The average molecular weight is 624 g/mol. The molecule has 0 amide bonds. The fourth-order valence-electron chi connectivity index (χ4n) is 5.80. The topological polar surface area (TPSA) is 142 Å². The van der Waals surface area contributed by atoms with E-state index in [-0.39, 0.29) is 59.2 Å². The molecule has 3 aromatic rings. The van der Waals surface area contributed by atoms with Crippen molar-refractivity contribution in [3.05, 3.63) is 115 Å². The first-order chi connectivity index (χ1) is 21.1. The second-order valence-electron chi connectivity index (χ2n) is 10.0. The number of hydrogen-bond acceptors (Lipinski definition) is 10. The van der Waals surface area contributed by atoms with Crippen molar-refractivity contribution in [1.82, 2.24) is 0 Å². The van der Waals surface area contributed by atoms with Crippen molar-refractivity contribution in [2.45, 2.75) is 32.1 Å². The van der Waals surface area contributed by atoms with E-state index in [9.17, 15) is 28.9 Å². The number of carbonyl (C=O) groups excluding carboxylic acids is 3. The molecule has 0 spiro atoms. The number of nitro groups is 1. The fourth-order valence-corrected chi connectivity index (χ4v) is 6.66. The Hall–Kier alpha value is -4.91. The SMILES string of the molecule is CCOC(=O)C1=C(N)N(c2ccc(F)cc2F)C2=C(C(=O)[C@H](C(=O)OCC)[C@@H](c3cccs3)C2)[C@H]1c1cccc([N+](=O)[O-])c1. The molecule has 0 fully saturated rings. The third-order valence-electron chi connectivity index (χ3n) is 7.55. The molecule has 2 aliphatic rings. The molecule has 228 valence electrons. The zero-order valence-corrected chi connectivity index (χ0v) is 24.4. The van der Waals surface area contributed by atoms with E-state index in [2.05, 4.69) is 0 Å². The number of anilines is 1. The Bertz CT molecular complexity index is 1720. The first-order valence-electron chi connectivity index (χ1n) is 13.7. The Labute approximate surface area is 254 Å². The highest BCUT2D eigenvalue weighted by atomic mass is 32.1. The van der Waals surface area contributed by atoms with Crippen LogP contribution in [0.3, 0.4) is 0 Å². The summed E-state index contributed by atoms with van der Waals surface area (Å²) >= 11 is 1.31. The number of halogens is 2. The van der Waals surface area contributed by atoms with Crippen molar-refractivity contribution in [3.63, 3.8) is 0 Å². The van der Waals surface area contributed by atoms with Crippen molar-refractivity contribution in [2.24, 2.45) is 11.7 Å². The molecule has 2 N–H and O–H groups in total. The van der Waals surface area contributed by atoms with Crippen LogP contribution in [-0.2, 0) is 23.9 Å². The van der Waals surface area contributed by atoms with Crippen molar-refractivity contribution in [1.29, 1.82) is 0 Å². The summed E-state index contributed by atoms with van der Waals surface area (Å²) in [4.78, 5) is 54.6. The van der Waals surface area contributed by atoms with Crippen LogP contribution in [0.5, 0.6) is 0 Å². The molecule has 44 heavy (non-hydrogen) atoms. The van der Waals surface area contributed by atoms with Crippen LogP contribution in [0.1, 0.15) is 42.5 Å². The third-order valence-corrected chi connectivity index (χ3v) is 8.55. The van der Waals surface area contributed by atoms with Gasteiger partial charge in [0.2, 0.25) is 0 Å². The van der Waals surface area contributed by atoms with Crippen molar-refractivity contribution >= 4 is 40.4 Å². The zero-order valence-electron chi connectivity index (χ0n) is 23.6. The number of benzene rings is 2. The van der Waals surface area contributed by atoms with E-state index in [1.54, 1.807) is 31.4 Å². The molecule has 0 unspecified atom stereocenters. The lowest BCUT2D eigenvalue weighted by atomic mass is 9.68. The molecule has 2 heterocycles. The number of esters is 2. The van der Waals surface area contributed by atoms with E-state index in [1.807, 2.05) is 0 Å². The van der Waals surface area contributed by atoms with Crippen molar-refractivity contribution < 1.29 is 37.6 Å². The molecule has 1 aromatic heterocycles. The number of ether oxygens (including phenoxy) is 2. The van der Waals surface area contributed by atoms with Gasteiger partial charge in [-0.2, -0.15) is 0 Å². The predicted molar refractivity (Wildman–Crippen MR) is 156 cm³/mol. The molecular weight excluding hydrogens is 596 g/mol. The van der Waals surface area contributed by atoms with Crippen LogP contribution < -0.4 is 10.6 Å².